The fourth-order valence-electron chi connectivity index (χ4n) is 2.28. The van der Waals surface area contributed by atoms with Crippen LogP contribution in [-0.2, 0) is 7.05 Å². The zero-order valence-electron chi connectivity index (χ0n) is 14.0. The number of hydrazine groups is 1. The van der Waals surface area contributed by atoms with E-state index in [4.69, 9.17) is 0 Å². The van der Waals surface area contributed by atoms with Crippen molar-refractivity contribution in [2.75, 3.05) is 19.0 Å². The van der Waals surface area contributed by atoms with Gasteiger partial charge in [-0.05, 0) is 32.0 Å². The molecule has 0 radical (unpaired) electrons. The average molecular weight is 315 g/mol. The van der Waals surface area contributed by atoms with Crippen LogP contribution in [0.5, 0.6) is 0 Å². The number of anilines is 1. The summed E-state index contributed by atoms with van der Waals surface area (Å²) in [5.74, 6) is -0.758. The van der Waals surface area contributed by atoms with E-state index in [1.807, 2.05) is 25.1 Å². The number of carbonyl (C=O) groups excluding carboxylic acids is 2. The number of carbonyl (C=O) groups is 2. The molecular weight excluding hydrogens is 294 g/mol. The van der Waals surface area contributed by atoms with Crippen LogP contribution in [0, 0.1) is 13.8 Å². The van der Waals surface area contributed by atoms with E-state index in [0.717, 1.165) is 11.4 Å². The minimum atomic E-state index is -0.384. The first-order chi connectivity index (χ1) is 10.8. The predicted molar refractivity (Wildman–Crippen MR) is 88.4 cm³/mol. The molecule has 2 amide bonds. The lowest BCUT2D eigenvalue weighted by Gasteiger charge is -2.13. The second kappa shape index (κ2) is 6.51. The Kier molecular flexibility index (Phi) is 4.68. The van der Waals surface area contributed by atoms with Crippen molar-refractivity contribution in [3.63, 3.8) is 0 Å². The minimum Gasteiger partial charge on any atom is -0.378 e. The number of benzene rings is 1. The number of aromatic nitrogens is 2. The lowest BCUT2D eigenvalue weighted by molar-refractivity contribution is 0.0846. The van der Waals surface area contributed by atoms with Gasteiger partial charge in [0.25, 0.3) is 11.8 Å². The highest BCUT2D eigenvalue weighted by Gasteiger charge is 2.18. The number of amides is 2. The van der Waals surface area contributed by atoms with E-state index in [9.17, 15) is 9.59 Å². The molecule has 0 saturated heterocycles. The van der Waals surface area contributed by atoms with Gasteiger partial charge in [-0.2, -0.15) is 5.10 Å². The molecule has 1 aromatic heterocycles. The van der Waals surface area contributed by atoms with Crippen LogP contribution in [0.2, 0.25) is 0 Å². The summed E-state index contributed by atoms with van der Waals surface area (Å²) in [4.78, 5) is 26.3. The monoisotopic (exact) mass is 315 g/mol. The molecule has 7 nitrogen and oxygen atoms in total. The first-order valence-corrected chi connectivity index (χ1v) is 7.19. The Morgan fingerprint density at radius 3 is 2.35 bits per heavy atom. The Hall–Kier alpha value is -2.83. The molecule has 0 unspecified atom stereocenters. The zero-order valence-corrected chi connectivity index (χ0v) is 14.0. The van der Waals surface area contributed by atoms with Crippen LogP contribution in [0.15, 0.2) is 24.3 Å². The Morgan fingerprint density at radius 1 is 1.13 bits per heavy atom. The van der Waals surface area contributed by atoms with Gasteiger partial charge in [0.15, 0.2) is 0 Å². The second-order valence-corrected chi connectivity index (χ2v) is 5.52. The smallest absolute Gasteiger partial charge is 0.273 e. The molecule has 1 aromatic carbocycles. The maximum atomic E-state index is 12.2. The van der Waals surface area contributed by atoms with Gasteiger partial charge in [-0.15, -0.1) is 0 Å². The third-order valence-electron chi connectivity index (χ3n) is 3.65. The van der Waals surface area contributed by atoms with Crippen molar-refractivity contribution in [2.45, 2.75) is 13.8 Å². The van der Waals surface area contributed by atoms with Gasteiger partial charge in [0, 0.05) is 38.1 Å². The maximum absolute atomic E-state index is 12.2. The Balaban J connectivity index is 2.07. The number of aryl methyl sites for hydroxylation is 2. The molecule has 0 fully saturated rings. The van der Waals surface area contributed by atoms with Gasteiger partial charge < -0.3 is 4.90 Å². The third kappa shape index (κ3) is 3.50. The summed E-state index contributed by atoms with van der Waals surface area (Å²) in [5.41, 5.74) is 8.07. The lowest BCUT2D eigenvalue weighted by Crippen LogP contribution is -2.42. The van der Waals surface area contributed by atoms with Gasteiger partial charge in [-0.25, -0.2) is 0 Å². The molecule has 2 rings (SSSR count). The average Bonchev–Trinajstić information content (AvgIpc) is 2.77. The summed E-state index contributed by atoms with van der Waals surface area (Å²) in [6.45, 7) is 3.56. The van der Waals surface area contributed by atoms with Gasteiger partial charge >= 0.3 is 0 Å². The molecule has 23 heavy (non-hydrogen) atoms. The molecule has 2 N–H and O–H groups in total. The molecule has 0 aliphatic rings. The van der Waals surface area contributed by atoms with E-state index in [1.165, 1.54) is 0 Å². The molecule has 0 aliphatic carbocycles. The quantitative estimate of drug-likeness (QED) is 0.834. The first kappa shape index (κ1) is 16.5. The van der Waals surface area contributed by atoms with Crippen LogP contribution < -0.4 is 15.8 Å². The number of hydrogen-bond donors (Lipinski definition) is 2. The van der Waals surface area contributed by atoms with Crippen LogP contribution in [0.4, 0.5) is 5.69 Å². The van der Waals surface area contributed by atoms with Crippen LogP contribution >= 0.6 is 0 Å². The van der Waals surface area contributed by atoms with Gasteiger partial charge in [0.1, 0.15) is 0 Å². The molecule has 1 heterocycles. The Morgan fingerprint density at radius 2 is 1.78 bits per heavy atom. The van der Waals surface area contributed by atoms with Gasteiger partial charge in [0.2, 0.25) is 0 Å². The lowest BCUT2D eigenvalue weighted by atomic mass is 10.2. The van der Waals surface area contributed by atoms with Crippen molar-refractivity contribution in [1.29, 1.82) is 0 Å². The molecule has 0 saturated carbocycles. The molecule has 0 aliphatic heterocycles. The van der Waals surface area contributed by atoms with Crippen LogP contribution in [0.1, 0.15) is 32.1 Å². The van der Waals surface area contributed by atoms with E-state index >= 15 is 0 Å². The first-order valence-electron chi connectivity index (χ1n) is 7.19. The molecule has 0 bridgehead atoms. The summed E-state index contributed by atoms with van der Waals surface area (Å²) in [7, 11) is 5.56. The molecule has 0 atom stereocenters. The van der Waals surface area contributed by atoms with E-state index in [0.29, 0.717) is 16.8 Å². The van der Waals surface area contributed by atoms with E-state index in [-0.39, 0.29) is 11.8 Å². The van der Waals surface area contributed by atoms with Crippen molar-refractivity contribution < 1.29 is 9.59 Å². The molecule has 2 aromatic rings. The normalized spacial score (nSPS) is 10.3. The largest absolute Gasteiger partial charge is 0.378 e. The fourth-order valence-corrected chi connectivity index (χ4v) is 2.28. The third-order valence-corrected chi connectivity index (χ3v) is 3.65. The van der Waals surface area contributed by atoms with Gasteiger partial charge in [-0.1, -0.05) is 6.07 Å². The number of hydrogen-bond acceptors (Lipinski definition) is 4. The van der Waals surface area contributed by atoms with Crippen molar-refractivity contribution in [1.82, 2.24) is 20.6 Å². The predicted octanol–water partition coefficient (Wildman–Crippen LogP) is 1.18. The highest BCUT2D eigenvalue weighted by atomic mass is 16.2. The SMILES string of the molecule is Cc1nn(C)c(C)c1C(=O)NNC(=O)c1cccc(N(C)C)c1. The molecule has 7 heteroatoms. The standard InChI is InChI=1S/C16H21N5O2/c1-10-14(11(2)21(5)19-10)16(23)18-17-15(22)12-7-6-8-13(9-12)20(3)4/h6-9H,1-5H3,(H,17,22)(H,18,23). The molecule has 0 spiro atoms. The van der Waals surface area contributed by atoms with E-state index in [1.54, 1.807) is 43.8 Å². The Labute approximate surface area is 135 Å². The number of nitrogens with one attached hydrogen (secondary N) is 2. The summed E-state index contributed by atoms with van der Waals surface area (Å²) in [6, 6.07) is 7.14. The number of nitrogens with zero attached hydrogens (tertiary/aromatic N) is 3. The highest BCUT2D eigenvalue weighted by molar-refractivity contribution is 6.00. The van der Waals surface area contributed by atoms with E-state index in [2.05, 4.69) is 16.0 Å². The Bertz CT molecular complexity index is 749. The minimum absolute atomic E-state index is 0.374. The maximum Gasteiger partial charge on any atom is 0.273 e. The van der Waals surface area contributed by atoms with Crippen molar-refractivity contribution in [3.8, 4) is 0 Å². The van der Waals surface area contributed by atoms with Gasteiger partial charge in [-0.3, -0.25) is 25.1 Å². The number of rotatable bonds is 3. The second-order valence-electron chi connectivity index (χ2n) is 5.52. The van der Waals surface area contributed by atoms with Gasteiger partial charge in [0.05, 0.1) is 11.3 Å². The molecule has 122 valence electrons. The van der Waals surface area contributed by atoms with Crippen molar-refractivity contribution >= 4 is 17.5 Å². The summed E-state index contributed by atoms with van der Waals surface area (Å²) in [5, 5.41) is 4.19. The highest BCUT2D eigenvalue weighted by Crippen LogP contribution is 2.13. The topological polar surface area (TPSA) is 79.3 Å². The van der Waals surface area contributed by atoms with Crippen molar-refractivity contribution in [3.05, 3.63) is 46.8 Å². The van der Waals surface area contributed by atoms with Crippen LogP contribution in [0.3, 0.4) is 0 Å². The van der Waals surface area contributed by atoms with E-state index < -0.39 is 0 Å². The molecular formula is C16H21N5O2. The van der Waals surface area contributed by atoms with Crippen molar-refractivity contribution in [2.24, 2.45) is 7.05 Å². The summed E-state index contributed by atoms with van der Waals surface area (Å²) in [6.07, 6.45) is 0. The zero-order chi connectivity index (χ0) is 17.1. The van der Waals surface area contributed by atoms with Crippen LogP contribution in [0.25, 0.3) is 0 Å². The fraction of sp³-hybridized carbons (Fsp3) is 0.312. The summed E-state index contributed by atoms with van der Waals surface area (Å²) < 4.78 is 1.63. The summed E-state index contributed by atoms with van der Waals surface area (Å²) >= 11 is 0. The van der Waals surface area contributed by atoms with Crippen LogP contribution in [-0.4, -0.2) is 35.7 Å².